The van der Waals surface area contributed by atoms with Crippen LogP contribution in [0.25, 0.3) is 5.57 Å². The molecular formula is C26H23FN2O4. The summed E-state index contributed by atoms with van der Waals surface area (Å²) in [4.78, 5) is 28.2. The molecule has 0 aromatic heterocycles. The highest BCUT2D eigenvalue weighted by Gasteiger charge is 2.40. The van der Waals surface area contributed by atoms with Gasteiger partial charge in [0.1, 0.15) is 23.0 Å². The third kappa shape index (κ3) is 4.30. The van der Waals surface area contributed by atoms with Gasteiger partial charge in [0.15, 0.2) is 0 Å². The van der Waals surface area contributed by atoms with E-state index in [0.29, 0.717) is 28.4 Å². The number of methoxy groups -OCH3 is 2. The van der Waals surface area contributed by atoms with Crippen molar-refractivity contribution in [2.75, 3.05) is 24.4 Å². The van der Waals surface area contributed by atoms with E-state index in [-0.39, 0.29) is 11.3 Å². The monoisotopic (exact) mass is 446 g/mol. The Bertz CT molecular complexity index is 1240. The van der Waals surface area contributed by atoms with Gasteiger partial charge < -0.3 is 14.8 Å². The summed E-state index contributed by atoms with van der Waals surface area (Å²) < 4.78 is 24.2. The Kier molecular flexibility index (Phi) is 5.87. The molecule has 0 bridgehead atoms. The zero-order valence-electron chi connectivity index (χ0n) is 18.7. The Morgan fingerprint density at radius 3 is 1.91 bits per heavy atom. The minimum atomic E-state index is -0.534. The molecule has 0 aliphatic carbocycles. The maximum absolute atomic E-state index is 13.6. The van der Waals surface area contributed by atoms with E-state index in [1.807, 2.05) is 32.0 Å². The van der Waals surface area contributed by atoms with Crippen LogP contribution in [0.2, 0.25) is 0 Å². The number of hydrogen-bond donors (Lipinski definition) is 1. The van der Waals surface area contributed by atoms with Gasteiger partial charge in [-0.2, -0.15) is 0 Å². The van der Waals surface area contributed by atoms with Gasteiger partial charge in [-0.1, -0.05) is 18.2 Å². The molecule has 0 radical (unpaired) electrons. The number of amides is 2. The van der Waals surface area contributed by atoms with Crippen LogP contribution >= 0.6 is 0 Å². The Morgan fingerprint density at radius 2 is 1.36 bits per heavy atom. The van der Waals surface area contributed by atoms with Crippen molar-refractivity contribution >= 4 is 28.8 Å². The van der Waals surface area contributed by atoms with E-state index >= 15 is 0 Å². The highest BCUT2D eigenvalue weighted by Crippen LogP contribution is 2.37. The predicted molar refractivity (Wildman–Crippen MR) is 125 cm³/mol. The molecule has 2 amide bonds. The lowest BCUT2D eigenvalue weighted by molar-refractivity contribution is -0.120. The maximum atomic E-state index is 13.6. The molecule has 1 aliphatic heterocycles. The molecule has 0 unspecified atom stereocenters. The van der Waals surface area contributed by atoms with Crippen molar-refractivity contribution in [1.29, 1.82) is 0 Å². The molecule has 168 valence electrons. The number of aryl methyl sites for hydroxylation is 2. The zero-order chi connectivity index (χ0) is 23.7. The number of halogens is 1. The maximum Gasteiger partial charge on any atom is 0.282 e. The summed E-state index contributed by atoms with van der Waals surface area (Å²) in [6, 6.07) is 16.1. The van der Waals surface area contributed by atoms with Gasteiger partial charge in [0, 0.05) is 23.9 Å². The van der Waals surface area contributed by atoms with Crippen molar-refractivity contribution in [2.45, 2.75) is 13.8 Å². The molecule has 0 spiro atoms. The second-order valence-electron chi connectivity index (χ2n) is 7.77. The SMILES string of the molecule is COc1cc(OC)cc(N2C(=O)C(Nc3cc(C)cc(C)c3)=C(c3ccc(F)cc3)C2=O)c1. The summed E-state index contributed by atoms with van der Waals surface area (Å²) in [5.41, 5.74) is 3.69. The molecule has 3 aromatic carbocycles. The summed E-state index contributed by atoms with van der Waals surface area (Å²) in [5.74, 6) is -0.634. The van der Waals surface area contributed by atoms with Gasteiger partial charge in [-0.15, -0.1) is 0 Å². The van der Waals surface area contributed by atoms with Crippen molar-refractivity contribution in [2.24, 2.45) is 0 Å². The van der Waals surface area contributed by atoms with Crippen molar-refractivity contribution in [3.8, 4) is 11.5 Å². The number of carbonyl (C=O) groups excluding carboxylic acids is 2. The highest BCUT2D eigenvalue weighted by molar-refractivity contribution is 6.46. The number of imide groups is 1. The van der Waals surface area contributed by atoms with E-state index in [4.69, 9.17) is 9.47 Å². The number of hydrogen-bond acceptors (Lipinski definition) is 5. The summed E-state index contributed by atoms with van der Waals surface area (Å²) >= 11 is 0. The first-order chi connectivity index (χ1) is 15.8. The first kappa shape index (κ1) is 22.1. The fraction of sp³-hybridized carbons (Fsp3) is 0.154. The van der Waals surface area contributed by atoms with Crippen LogP contribution in [0.1, 0.15) is 16.7 Å². The van der Waals surface area contributed by atoms with Gasteiger partial charge in [0.05, 0.1) is 25.5 Å². The Labute approximate surface area is 191 Å². The minimum Gasteiger partial charge on any atom is -0.497 e. The number of rotatable bonds is 6. The largest absolute Gasteiger partial charge is 0.497 e. The molecule has 33 heavy (non-hydrogen) atoms. The van der Waals surface area contributed by atoms with Gasteiger partial charge in [0.2, 0.25) is 0 Å². The van der Waals surface area contributed by atoms with Gasteiger partial charge in [0.25, 0.3) is 11.8 Å². The number of anilines is 2. The zero-order valence-corrected chi connectivity index (χ0v) is 18.7. The van der Waals surface area contributed by atoms with Crippen LogP contribution in [-0.2, 0) is 9.59 Å². The van der Waals surface area contributed by atoms with Gasteiger partial charge >= 0.3 is 0 Å². The predicted octanol–water partition coefficient (Wildman–Crippen LogP) is 4.86. The Hall–Kier alpha value is -4.13. The molecule has 0 saturated heterocycles. The van der Waals surface area contributed by atoms with Crippen molar-refractivity contribution < 1.29 is 23.5 Å². The lowest BCUT2D eigenvalue weighted by Crippen LogP contribution is -2.32. The van der Waals surface area contributed by atoms with Crippen LogP contribution in [0.4, 0.5) is 15.8 Å². The second-order valence-corrected chi connectivity index (χ2v) is 7.77. The Balaban J connectivity index is 1.85. The third-order valence-corrected chi connectivity index (χ3v) is 5.30. The van der Waals surface area contributed by atoms with E-state index in [0.717, 1.165) is 16.0 Å². The average Bonchev–Trinajstić information content (AvgIpc) is 3.02. The number of nitrogens with one attached hydrogen (secondary N) is 1. The van der Waals surface area contributed by atoms with Crippen molar-refractivity contribution in [3.63, 3.8) is 0 Å². The van der Waals surface area contributed by atoms with Crippen LogP contribution in [0.3, 0.4) is 0 Å². The second kappa shape index (κ2) is 8.78. The minimum absolute atomic E-state index is 0.110. The van der Waals surface area contributed by atoms with E-state index in [1.165, 1.54) is 38.5 Å². The normalized spacial score (nSPS) is 13.5. The molecule has 1 aliphatic rings. The average molecular weight is 446 g/mol. The lowest BCUT2D eigenvalue weighted by Gasteiger charge is -2.17. The van der Waals surface area contributed by atoms with E-state index in [2.05, 4.69) is 5.32 Å². The van der Waals surface area contributed by atoms with Crippen molar-refractivity contribution in [1.82, 2.24) is 0 Å². The molecule has 7 heteroatoms. The summed E-state index contributed by atoms with van der Waals surface area (Å²) in [5, 5.41) is 3.13. The third-order valence-electron chi connectivity index (χ3n) is 5.30. The standard InChI is InChI=1S/C26H23FN2O4/c1-15-9-16(2)11-19(10-15)28-24-23(17-5-7-18(27)8-6-17)25(30)29(26(24)31)20-12-21(32-3)14-22(13-20)33-4/h5-14,28H,1-4H3. The lowest BCUT2D eigenvalue weighted by atomic mass is 10.0. The molecule has 1 heterocycles. The smallest absolute Gasteiger partial charge is 0.282 e. The highest BCUT2D eigenvalue weighted by atomic mass is 19.1. The molecule has 0 saturated carbocycles. The Morgan fingerprint density at radius 1 is 0.788 bits per heavy atom. The molecule has 0 atom stereocenters. The van der Waals surface area contributed by atoms with Crippen LogP contribution < -0.4 is 19.7 Å². The van der Waals surface area contributed by atoms with Crippen molar-refractivity contribution in [3.05, 3.63) is 88.9 Å². The fourth-order valence-electron chi connectivity index (χ4n) is 3.88. The number of benzene rings is 3. The molecule has 1 N–H and O–H groups in total. The molecule has 4 rings (SSSR count). The van der Waals surface area contributed by atoms with E-state index in [1.54, 1.807) is 18.2 Å². The summed E-state index contributed by atoms with van der Waals surface area (Å²) in [6.07, 6.45) is 0. The van der Waals surface area contributed by atoms with Crippen LogP contribution in [-0.4, -0.2) is 26.0 Å². The molecule has 0 fully saturated rings. The number of carbonyl (C=O) groups is 2. The molecular weight excluding hydrogens is 423 g/mol. The molecule has 6 nitrogen and oxygen atoms in total. The van der Waals surface area contributed by atoms with Crippen LogP contribution in [0, 0.1) is 19.7 Å². The summed E-state index contributed by atoms with van der Waals surface area (Å²) in [7, 11) is 2.98. The van der Waals surface area contributed by atoms with Gasteiger partial charge in [-0.05, 0) is 54.8 Å². The quantitative estimate of drug-likeness (QED) is 0.548. The van der Waals surface area contributed by atoms with Crippen LogP contribution in [0.5, 0.6) is 11.5 Å². The molecule has 3 aromatic rings. The summed E-state index contributed by atoms with van der Waals surface area (Å²) in [6.45, 7) is 3.90. The van der Waals surface area contributed by atoms with Crippen LogP contribution in [0.15, 0.2) is 66.4 Å². The first-order valence-corrected chi connectivity index (χ1v) is 10.3. The number of ether oxygens (including phenoxy) is 2. The van der Waals surface area contributed by atoms with E-state index in [9.17, 15) is 14.0 Å². The fourth-order valence-corrected chi connectivity index (χ4v) is 3.88. The van der Waals surface area contributed by atoms with Gasteiger partial charge in [-0.3, -0.25) is 9.59 Å². The van der Waals surface area contributed by atoms with Gasteiger partial charge in [-0.25, -0.2) is 9.29 Å². The topological polar surface area (TPSA) is 67.9 Å². The first-order valence-electron chi connectivity index (χ1n) is 10.3. The number of nitrogens with zero attached hydrogens (tertiary/aromatic N) is 1. The van der Waals surface area contributed by atoms with E-state index < -0.39 is 17.6 Å².